The number of nitrogens with zero attached hydrogens (tertiary/aromatic N) is 1. The highest BCUT2D eigenvalue weighted by Crippen LogP contribution is 2.07. The summed E-state index contributed by atoms with van der Waals surface area (Å²) >= 11 is 0. The molecule has 0 aliphatic rings. The lowest BCUT2D eigenvalue weighted by Gasteiger charge is -2.03. The first-order valence-electron chi connectivity index (χ1n) is 5.09. The van der Waals surface area contributed by atoms with Crippen LogP contribution in [0.2, 0.25) is 0 Å². The van der Waals surface area contributed by atoms with Gasteiger partial charge in [-0.1, -0.05) is 0 Å². The molecule has 5 heteroatoms. The largest absolute Gasteiger partial charge is 0.426 e. The minimum atomic E-state index is 0.0221. The van der Waals surface area contributed by atoms with Crippen molar-refractivity contribution < 1.29 is 9.21 Å². The molecule has 1 heterocycles. The monoisotopic (exact) mass is 211 g/mol. The maximum absolute atomic E-state index is 10.6. The number of oxazole rings is 1. The Hall–Kier alpha value is -1.52. The number of aromatic nitrogens is 1. The number of amides is 1. The van der Waals surface area contributed by atoms with Crippen LogP contribution in [0.1, 0.15) is 25.7 Å². The molecule has 2 N–H and O–H groups in total. The minimum Gasteiger partial charge on any atom is -0.426 e. The van der Waals surface area contributed by atoms with E-state index < -0.39 is 0 Å². The van der Waals surface area contributed by atoms with E-state index in [-0.39, 0.29) is 5.91 Å². The molecule has 0 saturated carbocycles. The van der Waals surface area contributed by atoms with E-state index in [2.05, 4.69) is 15.6 Å². The molecule has 1 rings (SSSR count). The molecule has 15 heavy (non-hydrogen) atoms. The number of rotatable bonds is 6. The van der Waals surface area contributed by atoms with Gasteiger partial charge >= 0.3 is 0 Å². The van der Waals surface area contributed by atoms with Crippen LogP contribution in [0, 0.1) is 6.92 Å². The van der Waals surface area contributed by atoms with Crippen LogP contribution in [0.4, 0.5) is 5.88 Å². The average molecular weight is 211 g/mol. The molecule has 0 aliphatic carbocycles. The second-order valence-corrected chi connectivity index (χ2v) is 3.36. The summed E-state index contributed by atoms with van der Waals surface area (Å²) in [4.78, 5) is 14.5. The highest BCUT2D eigenvalue weighted by molar-refractivity contribution is 5.72. The molecule has 0 atom stereocenters. The number of anilines is 1. The molecule has 1 aromatic rings. The van der Waals surface area contributed by atoms with Crippen LogP contribution in [-0.4, -0.2) is 24.0 Å². The van der Waals surface area contributed by atoms with Gasteiger partial charge in [-0.05, 0) is 12.8 Å². The average Bonchev–Trinajstić information content (AvgIpc) is 2.57. The summed E-state index contributed by atoms with van der Waals surface area (Å²) in [7, 11) is 0. The van der Waals surface area contributed by atoms with Crippen LogP contribution in [-0.2, 0) is 4.79 Å². The summed E-state index contributed by atoms with van der Waals surface area (Å²) in [5.74, 6) is 1.39. The first-order valence-corrected chi connectivity index (χ1v) is 5.09. The standard InChI is InChI=1S/C10H17N3O2/c1-8(14)11-5-3-4-6-12-10-7-13-9(2)15-10/h7,12H,3-6H2,1-2H3,(H,11,14). The van der Waals surface area contributed by atoms with Gasteiger partial charge in [0.05, 0.1) is 6.20 Å². The van der Waals surface area contributed by atoms with E-state index in [0.717, 1.165) is 25.9 Å². The number of aryl methyl sites for hydroxylation is 1. The van der Waals surface area contributed by atoms with Gasteiger partial charge in [0.25, 0.3) is 0 Å². The summed E-state index contributed by atoms with van der Waals surface area (Å²) in [5.41, 5.74) is 0. The molecule has 0 bridgehead atoms. The topological polar surface area (TPSA) is 67.2 Å². The third-order valence-electron chi connectivity index (χ3n) is 1.90. The van der Waals surface area contributed by atoms with Crippen molar-refractivity contribution in [2.75, 3.05) is 18.4 Å². The Morgan fingerprint density at radius 1 is 1.47 bits per heavy atom. The molecule has 0 aromatic carbocycles. The molecule has 0 radical (unpaired) electrons. The van der Waals surface area contributed by atoms with Crippen molar-refractivity contribution in [2.45, 2.75) is 26.7 Å². The van der Waals surface area contributed by atoms with E-state index in [1.807, 2.05) is 6.92 Å². The summed E-state index contributed by atoms with van der Waals surface area (Å²) in [5, 5.41) is 5.86. The molecule has 0 saturated heterocycles. The first-order chi connectivity index (χ1) is 7.18. The van der Waals surface area contributed by atoms with E-state index in [9.17, 15) is 4.79 Å². The van der Waals surface area contributed by atoms with Crippen LogP contribution >= 0.6 is 0 Å². The zero-order chi connectivity index (χ0) is 11.1. The van der Waals surface area contributed by atoms with E-state index in [1.54, 1.807) is 6.20 Å². The van der Waals surface area contributed by atoms with E-state index >= 15 is 0 Å². The fourth-order valence-electron chi connectivity index (χ4n) is 1.17. The molecule has 84 valence electrons. The lowest BCUT2D eigenvalue weighted by atomic mass is 10.3. The number of hydrogen-bond donors (Lipinski definition) is 2. The van der Waals surface area contributed by atoms with Crippen LogP contribution in [0.3, 0.4) is 0 Å². The Labute approximate surface area is 89.3 Å². The molecule has 0 spiro atoms. The molecular formula is C10H17N3O2. The SMILES string of the molecule is CC(=O)NCCCCNc1cnc(C)o1. The lowest BCUT2D eigenvalue weighted by molar-refractivity contribution is -0.118. The van der Waals surface area contributed by atoms with Gasteiger partial charge in [0.1, 0.15) is 0 Å². The Bertz CT molecular complexity index is 309. The lowest BCUT2D eigenvalue weighted by Crippen LogP contribution is -2.21. The quantitative estimate of drug-likeness (QED) is 0.696. The third-order valence-corrected chi connectivity index (χ3v) is 1.90. The summed E-state index contributed by atoms with van der Waals surface area (Å²) < 4.78 is 5.24. The molecular weight excluding hydrogens is 194 g/mol. The molecule has 1 aromatic heterocycles. The van der Waals surface area contributed by atoms with E-state index in [4.69, 9.17) is 4.42 Å². The number of unbranched alkanes of at least 4 members (excludes halogenated alkanes) is 1. The van der Waals surface area contributed by atoms with Crippen LogP contribution in [0.5, 0.6) is 0 Å². The highest BCUT2D eigenvalue weighted by Gasteiger charge is 1.97. The zero-order valence-electron chi connectivity index (χ0n) is 9.17. The van der Waals surface area contributed by atoms with Crippen LogP contribution < -0.4 is 10.6 Å². The molecule has 0 aliphatic heterocycles. The van der Waals surface area contributed by atoms with Crippen molar-refractivity contribution in [3.63, 3.8) is 0 Å². The van der Waals surface area contributed by atoms with Gasteiger partial charge < -0.3 is 15.1 Å². The highest BCUT2D eigenvalue weighted by atomic mass is 16.4. The van der Waals surface area contributed by atoms with Crippen molar-refractivity contribution in [2.24, 2.45) is 0 Å². The number of carbonyl (C=O) groups is 1. The predicted molar refractivity (Wildman–Crippen MR) is 57.6 cm³/mol. The smallest absolute Gasteiger partial charge is 0.216 e. The second-order valence-electron chi connectivity index (χ2n) is 3.36. The number of carbonyl (C=O) groups excluding carboxylic acids is 1. The Morgan fingerprint density at radius 3 is 2.80 bits per heavy atom. The fourth-order valence-corrected chi connectivity index (χ4v) is 1.17. The van der Waals surface area contributed by atoms with Gasteiger partial charge in [-0.2, -0.15) is 0 Å². The maximum Gasteiger partial charge on any atom is 0.216 e. The third kappa shape index (κ3) is 5.05. The summed E-state index contributed by atoms with van der Waals surface area (Å²) in [6.07, 6.45) is 3.61. The Balaban J connectivity index is 2.00. The van der Waals surface area contributed by atoms with Crippen LogP contribution in [0.25, 0.3) is 0 Å². The Morgan fingerprint density at radius 2 is 2.20 bits per heavy atom. The predicted octanol–water partition coefficient (Wildman–Crippen LogP) is 1.31. The van der Waals surface area contributed by atoms with Crippen molar-refractivity contribution in [3.8, 4) is 0 Å². The molecule has 1 amide bonds. The molecule has 0 fully saturated rings. The van der Waals surface area contributed by atoms with Crippen molar-refractivity contribution in [1.82, 2.24) is 10.3 Å². The van der Waals surface area contributed by atoms with Gasteiger partial charge in [-0.25, -0.2) is 4.98 Å². The normalized spacial score (nSPS) is 10.0. The molecule has 5 nitrogen and oxygen atoms in total. The maximum atomic E-state index is 10.6. The van der Waals surface area contributed by atoms with Crippen molar-refractivity contribution in [3.05, 3.63) is 12.1 Å². The first kappa shape index (κ1) is 11.6. The summed E-state index contributed by atoms with van der Waals surface area (Å²) in [6.45, 7) is 4.89. The second kappa shape index (κ2) is 6.06. The fraction of sp³-hybridized carbons (Fsp3) is 0.600. The van der Waals surface area contributed by atoms with Gasteiger partial charge in [0.15, 0.2) is 5.89 Å². The van der Waals surface area contributed by atoms with Gasteiger partial charge in [-0.15, -0.1) is 0 Å². The molecule has 0 unspecified atom stereocenters. The number of hydrogen-bond acceptors (Lipinski definition) is 4. The van der Waals surface area contributed by atoms with Gasteiger partial charge in [0, 0.05) is 26.9 Å². The Kier molecular flexibility index (Phi) is 4.66. The minimum absolute atomic E-state index is 0.0221. The van der Waals surface area contributed by atoms with Crippen molar-refractivity contribution >= 4 is 11.8 Å². The number of nitrogens with one attached hydrogen (secondary N) is 2. The van der Waals surface area contributed by atoms with E-state index in [1.165, 1.54) is 6.92 Å². The summed E-state index contributed by atoms with van der Waals surface area (Å²) in [6, 6.07) is 0. The zero-order valence-corrected chi connectivity index (χ0v) is 9.17. The van der Waals surface area contributed by atoms with Crippen molar-refractivity contribution in [1.29, 1.82) is 0 Å². The van der Waals surface area contributed by atoms with E-state index in [0.29, 0.717) is 11.8 Å². The van der Waals surface area contributed by atoms with Crippen LogP contribution in [0.15, 0.2) is 10.6 Å². The van der Waals surface area contributed by atoms with Gasteiger partial charge in [-0.3, -0.25) is 4.79 Å². The van der Waals surface area contributed by atoms with Gasteiger partial charge in [0.2, 0.25) is 11.8 Å².